The molecule has 0 aliphatic carbocycles. The minimum absolute atomic E-state index is 0.160. The molecule has 0 spiro atoms. The molecule has 0 bridgehead atoms. The van der Waals surface area contributed by atoms with Gasteiger partial charge in [0.2, 0.25) is 0 Å². The molecule has 66 valence electrons. The Hall–Kier alpha value is -0.380. The first-order valence-corrected chi connectivity index (χ1v) is 5.09. The summed E-state index contributed by atoms with van der Waals surface area (Å²) in [5.74, 6) is 0. The molecule has 1 aliphatic rings. The number of rotatable bonds is 1. The van der Waals surface area contributed by atoms with Crippen molar-refractivity contribution in [2.75, 3.05) is 13.2 Å². The smallest absolute Gasteiger partial charge is 0.104 e. The number of fused-ring (bicyclic) bond motifs is 1. The van der Waals surface area contributed by atoms with Gasteiger partial charge in [-0.05, 0) is 29.9 Å². The first kappa shape index (κ1) is 8.23. The Kier molecular flexibility index (Phi) is 2.17. The fraction of sp³-hybridized carbons (Fsp3) is 0.556. The summed E-state index contributed by atoms with van der Waals surface area (Å²) in [6.45, 7) is 3.59. The molecule has 0 fully saturated rings. The molecular weight excluding hydrogens is 170 g/mol. The van der Waals surface area contributed by atoms with Crippen LogP contribution >= 0.6 is 11.3 Å². The van der Waals surface area contributed by atoms with Gasteiger partial charge in [0.05, 0.1) is 6.61 Å². The van der Waals surface area contributed by atoms with Gasteiger partial charge in [-0.2, -0.15) is 0 Å². The second-order valence-electron chi connectivity index (χ2n) is 3.11. The average molecular weight is 183 g/mol. The molecule has 2 rings (SSSR count). The van der Waals surface area contributed by atoms with E-state index < -0.39 is 0 Å². The molecule has 2 heterocycles. The largest absolute Gasteiger partial charge is 0.371 e. The summed E-state index contributed by atoms with van der Waals surface area (Å²) in [5, 5.41) is 2.20. The number of ether oxygens (including phenoxy) is 1. The van der Waals surface area contributed by atoms with E-state index in [2.05, 4.69) is 12.3 Å². The fourth-order valence-electron chi connectivity index (χ4n) is 1.63. The molecule has 0 unspecified atom stereocenters. The van der Waals surface area contributed by atoms with Crippen molar-refractivity contribution in [1.82, 2.24) is 0 Å². The van der Waals surface area contributed by atoms with E-state index in [0.29, 0.717) is 6.54 Å². The second-order valence-corrected chi connectivity index (χ2v) is 4.02. The molecule has 0 aromatic carbocycles. The molecule has 1 aromatic rings. The quantitative estimate of drug-likeness (QED) is 0.718. The summed E-state index contributed by atoms with van der Waals surface area (Å²) in [4.78, 5) is 1.35. The third-order valence-electron chi connectivity index (χ3n) is 2.31. The maximum Gasteiger partial charge on any atom is 0.104 e. The Morgan fingerprint density at radius 3 is 3.33 bits per heavy atom. The molecule has 0 amide bonds. The summed E-state index contributed by atoms with van der Waals surface area (Å²) >= 11 is 1.78. The summed E-state index contributed by atoms with van der Waals surface area (Å²) < 4.78 is 5.55. The molecule has 3 heteroatoms. The van der Waals surface area contributed by atoms with Gasteiger partial charge in [0.15, 0.2) is 0 Å². The SMILES string of the molecule is Cc1csc2c1CCO[C@H]2CN. The molecule has 1 aromatic heterocycles. The van der Waals surface area contributed by atoms with E-state index in [-0.39, 0.29) is 6.10 Å². The Bertz CT molecular complexity index is 282. The average Bonchev–Trinajstić information content (AvgIpc) is 2.48. The highest BCUT2D eigenvalue weighted by molar-refractivity contribution is 7.10. The molecule has 0 saturated heterocycles. The van der Waals surface area contributed by atoms with Gasteiger partial charge >= 0.3 is 0 Å². The van der Waals surface area contributed by atoms with Crippen LogP contribution in [0.5, 0.6) is 0 Å². The van der Waals surface area contributed by atoms with Crippen LogP contribution in [0.15, 0.2) is 5.38 Å². The Balaban J connectivity index is 2.38. The topological polar surface area (TPSA) is 35.2 Å². The number of hydrogen-bond donors (Lipinski definition) is 1. The van der Waals surface area contributed by atoms with Gasteiger partial charge < -0.3 is 10.5 Å². The van der Waals surface area contributed by atoms with Crippen LogP contribution in [0.3, 0.4) is 0 Å². The lowest BCUT2D eigenvalue weighted by atomic mass is 10.0. The summed E-state index contributed by atoms with van der Waals surface area (Å²) in [5.41, 5.74) is 8.48. The van der Waals surface area contributed by atoms with Crippen molar-refractivity contribution in [3.05, 3.63) is 21.4 Å². The molecule has 0 radical (unpaired) electrons. The monoisotopic (exact) mass is 183 g/mol. The van der Waals surface area contributed by atoms with Gasteiger partial charge in [-0.15, -0.1) is 11.3 Å². The minimum atomic E-state index is 0.160. The van der Waals surface area contributed by atoms with Crippen LogP contribution in [-0.4, -0.2) is 13.2 Å². The van der Waals surface area contributed by atoms with Crippen molar-refractivity contribution in [3.8, 4) is 0 Å². The third-order valence-corrected chi connectivity index (χ3v) is 3.55. The summed E-state index contributed by atoms with van der Waals surface area (Å²) in [6.07, 6.45) is 1.22. The lowest BCUT2D eigenvalue weighted by Crippen LogP contribution is -2.21. The predicted octanol–water partition coefficient (Wildman–Crippen LogP) is 1.63. The fourth-order valence-corrected chi connectivity index (χ4v) is 2.80. The normalized spacial score (nSPS) is 22.3. The van der Waals surface area contributed by atoms with E-state index in [4.69, 9.17) is 10.5 Å². The Morgan fingerprint density at radius 1 is 1.75 bits per heavy atom. The van der Waals surface area contributed by atoms with Crippen LogP contribution in [-0.2, 0) is 11.2 Å². The summed E-state index contributed by atoms with van der Waals surface area (Å²) in [6, 6.07) is 0. The standard InChI is InChI=1S/C9H13NOS/c1-6-5-12-9-7(6)2-3-11-8(9)4-10/h5,8H,2-4,10H2,1H3/t8-/m0/s1. The van der Waals surface area contributed by atoms with Crippen molar-refractivity contribution < 1.29 is 4.74 Å². The third kappa shape index (κ3) is 1.18. The van der Waals surface area contributed by atoms with E-state index in [1.807, 2.05) is 0 Å². The molecule has 1 aliphatic heterocycles. The van der Waals surface area contributed by atoms with Crippen LogP contribution in [0.25, 0.3) is 0 Å². The number of nitrogens with two attached hydrogens (primary N) is 1. The van der Waals surface area contributed by atoms with Crippen LogP contribution in [0.2, 0.25) is 0 Å². The first-order chi connectivity index (χ1) is 5.83. The van der Waals surface area contributed by atoms with Crippen molar-refractivity contribution >= 4 is 11.3 Å². The van der Waals surface area contributed by atoms with Crippen molar-refractivity contribution in [3.63, 3.8) is 0 Å². The van der Waals surface area contributed by atoms with Gasteiger partial charge in [0.1, 0.15) is 6.10 Å². The van der Waals surface area contributed by atoms with Crippen LogP contribution in [0.1, 0.15) is 22.1 Å². The second kappa shape index (κ2) is 3.17. The highest BCUT2D eigenvalue weighted by Gasteiger charge is 2.22. The molecule has 0 saturated carbocycles. The minimum Gasteiger partial charge on any atom is -0.371 e. The molecular formula is C9H13NOS. The van der Waals surface area contributed by atoms with Crippen LogP contribution < -0.4 is 5.73 Å². The molecule has 12 heavy (non-hydrogen) atoms. The van der Waals surface area contributed by atoms with E-state index >= 15 is 0 Å². The van der Waals surface area contributed by atoms with Gasteiger partial charge in [0.25, 0.3) is 0 Å². The zero-order chi connectivity index (χ0) is 8.55. The highest BCUT2D eigenvalue weighted by Crippen LogP contribution is 2.33. The van der Waals surface area contributed by atoms with E-state index in [1.165, 1.54) is 16.0 Å². The number of thiophene rings is 1. The highest BCUT2D eigenvalue weighted by atomic mass is 32.1. The zero-order valence-corrected chi connectivity index (χ0v) is 7.99. The van der Waals surface area contributed by atoms with Crippen molar-refractivity contribution in [1.29, 1.82) is 0 Å². The lowest BCUT2D eigenvalue weighted by molar-refractivity contribution is 0.0514. The van der Waals surface area contributed by atoms with Gasteiger partial charge in [-0.1, -0.05) is 0 Å². The van der Waals surface area contributed by atoms with Gasteiger partial charge in [0, 0.05) is 11.4 Å². The van der Waals surface area contributed by atoms with Crippen LogP contribution in [0.4, 0.5) is 0 Å². The Morgan fingerprint density at radius 2 is 2.58 bits per heavy atom. The zero-order valence-electron chi connectivity index (χ0n) is 7.17. The predicted molar refractivity (Wildman–Crippen MR) is 50.5 cm³/mol. The maximum atomic E-state index is 5.61. The van der Waals surface area contributed by atoms with Gasteiger partial charge in [-0.3, -0.25) is 0 Å². The Labute approximate surface area is 76.3 Å². The van der Waals surface area contributed by atoms with E-state index in [1.54, 1.807) is 11.3 Å². The van der Waals surface area contributed by atoms with E-state index in [0.717, 1.165) is 13.0 Å². The van der Waals surface area contributed by atoms with Gasteiger partial charge in [-0.25, -0.2) is 0 Å². The van der Waals surface area contributed by atoms with Crippen molar-refractivity contribution in [2.24, 2.45) is 5.73 Å². The molecule has 2 nitrogen and oxygen atoms in total. The number of hydrogen-bond acceptors (Lipinski definition) is 3. The first-order valence-electron chi connectivity index (χ1n) is 4.21. The molecule has 2 N–H and O–H groups in total. The van der Waals surface area contributed by atoms with Crippen LogP contribution in [0, 0.1) is 6.92 Å². The number of aryl methyl sites for hydroxylation is 1. The summed E-state index contributed by atoms with van der Waals surface area (Å²) in [7, 11) is 0. The van der Waals surface area contributed by atoms with E-state index in [9.17, 15) is 0 Å². The lowest BCUT2D eigenvalue weighted by Gasteiger charge is -2.22. The molecule has 1 atom stereocenters. The maximum absolute atomic E-state index is 5.61. The van der Waals surface area contributed by atoms with Crippen molar-refractivity contribution in [2.45, 2.75) is 19.4 Å².